The largest absolute Gasteiger partial charge is 0.497 e. The van der Waals surface area contributed by atoms with Crippen LogP contribution < -0.4 is 10.2 Å². The van der Waals surface area contributed by atoms with E-state index in [-0.39, 0.29) is 29.6 Å². The molecular weight excluding hydrogens is 574 g/mol. The number of ether oxygens (including phenoxy) is 3. The molecule has 0 atom stereocenters. The van der Waals surface area contributed by atoms with Crippen molar-refractivity contribution in [3.8, 4) is 16.9 Å². The van der Waals surface area contributed by atoms with Crippen molar-refractivity contribution < 1.29 is 37.0 Å². The van der Waals surface area contributed by atoms with Crippen molar-refractivity contribution in [2.24, 2.45) is 5.92 Å². The Morgan fingerprint density at radius 1 is 0.930 bits per heavy atom. The summed E-state index contributed by atoms with van der Waals surface area (Å²) in [5, 5.41) is 0. The van der Waals surface area contributed by atoms with E-state index in [2.05, 4.69) is 5.43 Å². The molecule has 1 N–H and O–H groups in total. The summed E-state index contributed by atoms with van der Waals surface area (Å²) in [6.07, 6.45) is 0.876. The summed E-state index contributed by atoms with van der Waals surface area (Å²) in [5.41, 5.74) is 3.22. The minimum absolute atomic E-state index is 0.0709. The number of hydrogen-bond acceptors (Lipinski definition) is 9. The normalized spacial score (nSPS) is 19.0. The molecule has 1 aliphatic rings. The SMILES string of the molecule is COC(=O)CC1(NN(C)S(=O)(=O)c2ccc(-c3ccc(OC)cc3)cc2)CCC(C(=O)CN(C)C(=O)OC(C)(C)C)CC1. The van der Waals surface area contributed by atoms with Gasteiger partial charge in [-0.3, -0.25) is 9.59 Å². The topological polar surface area (TPSA) is 132 Å². The number of rotatable bonds is 11. The summed E-state index contributed by atoms with van der Waals surface area (Å²) >= 11 is 0. The van der Waals surface area contributed by atoms with Gasteiger partial charge >= 0.3 is 12.1 Å². The van der Waals surface area contributed by atoms with Gasteiger partial charge in [0.15, 0.2) is 5.78 Å². The second kappa shape index (κ2) is 13.9. The number of hydrogen-bond donors (Lipinski definition) is 1. The van der Waals surface area contributed by atoms with Crippen LogP contribution >= 0.6 is 0 Å². The van der Waals surface area contributed by atoms with E-state index in [4.69, 9.17) is 14.2 Å². The maximum Gasteiger partial charge on any atom is 0.410 e. The molecule has 2 aromatic rings. The van der Waals surface area contributed by atoms with Gasteiger partial charge in [0.2, 0.25) is 0 Å². The number of carbonyl (C=O) groups is 3. The third-order valence-electron chi connectivity index (χ3n) is 7.54. The van der Waals surface area contributed by atoms with Crippen LogP contribution in [0.4, 0.5) is 4.79 Å². The first kappa shape index (κ1) is 34.0. The van der Waals surface area contributed by atoms with Crippen LogP contribution in [0.3, 0.4) is 0 Å². The van der Waals surface area contributed by atoms with E-state index in [0.717, 1.165) is 21.3 Å². The Balaban J connectivity index is 1.70. The number of benzene rings is 2. The van der Waals surface area contributed by atoms with Gasteiger partial charge in [-0.2, -0.15) is 0 Å². The second-order valence-corrected chi connectivity index (χ2v) is 13.9. The van der Waals surface area contributed by atoms with Gasteiger partial charge in [-0.1, -0.05) is 24.3 Å². The molecule has 0 aliphatic heterocycles. The minimum Gasteiger partial charge on any atom is -0.497 e. The van der Waals surface area contributed by atoms with E-state index in [1.807, 2.05) is 24.3 Å². The average Bonchev–Trinajstić information content (AvgIpc) is 2.96. The molecule has 43 heavy (non-hydrogen) atoms. The molecule has 0 unspecified atom stereocenters. The zero-order valence-electron chi connectivity index (χ0n) is 26.0. The number of hydrazine groups is 1. The summed E-state index contributed by atoms with van der Waals surface area (Å²) in [5.74, 6) is -0.220. The molecule has 0 heterocycles. The lowest BCUT2D eigenvalue weighted by molar-refractivity contribution is -0.143. The molecule has 12 heteroatoms. The van der Waals surface area contributed by atoms with Gasteiger partial charge in [-0.05, 0) is 81.8 Å². The Morgan fingerprint density at radius 3 is 1.95 bits per heavy atom. The fraction of sp³-hybridized carbons (Fsp3) is 0.516. The summed E-state index contributed by atoms with van der Waals surface area (Å²) < 4.78 is 43.5. The van der Waals surface area contributed by atoms with Crippen LogP contribution in [0, 0.1) is 5.92 Å². The first-order valence-electron chi connectivity index (χ1n) is 14.1. The predicted octanol–water partition coefficient (Wildman–Crippen LogP) is 4.42. The van der Waals surface area contributed by atoms with Crippen molar-refractivity contribution in [3.63, 3.8) is 0 Å². The zero-order chi connectivity index (χ0) is 32.0. The molecule has 11 nitrogen and oxygen atoms in total. The second-order valence-electron chi connectivity index (χ2n) is 11.9. The van der Waals surface area contributed by atoms with E-state index >= 15 is 0 Å². The van der Waals surface area contributed by atoms with Gasteiger partial charge in [-0.25, -0.2) is 18.6 Å². The zero-order valence-corrected chi connectivity index (χ0v) is 26.8. The van der Waals surface area contributed by atoms with Crippen LogP contribution in [0.1, 0.15) is 52.9 Å². The Labute approximate surface area is 254 Å². The third-order valence-corrected chi connectivity index (χ3v) is 9.22. The van der Waals surface area contributed by atoms with Crippen molar-refractivity contribution in [1.29, 1.82) is 0 Å². The molecule has 0 aromatic heterocycles. The van der Waals surface area contributed by atoms with Crippen LogP contribution in [0.15, 0.2) is 53.4 Å². The highest BCUT2D eigenvalue weighted by molar-refractivity contribution is 7.89. The van der Waals surface area contributed by atoms with Crippen LogP contribution in [-0.2, 0) is 29.1 Å². The van der Waals surface area contributed by atoms with E-state index in [1.54, 1.807) is 40.0 Å². The quantitative estimate of drug-likeness (QED) is 0.288. The maximum absolute atomic E-state index is 13.5. The first-order valence-corrected chi connectivity index (χ1v) is 15.6. The van der Waals surface area contributed by atoms with Crippen molar-refractivity contribution in [3.05, 3.63) is 48.5 Å². The number of amides is 1. The van der Waals surface area contributed by atoms with E-state index in [1.165, 1.54) is 38.2 Å². The van der Waals surface area contributed by atoms with Gasteiger partial charge < -0.3 is 19.1 Å². The van der Waals surface area contributed by atoms with Gasteiger partial charge in [0, 0.05) is 25.6 Å². The molecule has 1 aliphatic carbocycles. The van der Waals surface area contributed by atoms with Crippen molar-refractivity contribution in [2.75, 3.05) is 34.9 Å². The molecule has 3 rings (SSSR count). The summed E-state index contributed by atoms with van der Waals surface area (Å²) in [4.78, 5) is 39.1. The third kappa shape index (κ3) is 9.01. The maximum atomic E-state index is 13.5. The first-order chi connectivity index (χ1) is 20.1. The van der Waals surface area contributed by atoms with E-state index < -0.39 is 33.2 Å². The molecule has 1 saturated carbocycles. The number of carbonyl (C=O) groups excluding carboxylic acids is 3. The monoisotopic (exact) mass is 617 g/mol. The lowest BCUT2D eigenvalue weighted by Gasteiger charge is -2.42. The highest BCUT2D eigenvalue weighted by atomic mass is 32.2. The molecule has 1 fully saturated rings. The number of ketones is 1. The smallest absolute Gasteiger partial charge is 0.410 e. The Hall–Kier alpha value is -3.48. The molecular formula is C31H43N3O8S. The summed E-state index contributed by atoms with van der Waals surface area (Å²) in [6, 6.07) is 14.0. The fourth-order valence-corrected chi connectivity index (χ4v) is 6.20. The Morgan fingerprint density at radius 2 is 1.47 bits per heavy atom. The Kier molecular flexibility index (Phi) is 11.0. The van der Waals surface area contributed by atoms with Crippen molar-refractivity contribution in [1.82, 2.24) is 14.7 Å². The summed E-state index contributed by atoms with van der Waals surface area (Å²) in [6.45, 7) is 5.16. The fourth-order valence-electron chi connectivity index (χ4n) is 5.09. The van der Waals surface area contributed by atoms with Crippen LogP contribution in [0.5, 0.6) is 5.75 Å². The van der Waals surface area contributed by atoms with Crippen LogP contribution in [0.2, 0.25) is 0 Å². The standard InChI is InChI=1S/C31H43N3O8S/c1-30(2,3)42-29(37)33(4)21-27(35)24-16-18-31(19-17-24,20-28(36)41-7)32-34(5)43(38,39)26-14-10-23(11-15-26)22-8-12-25(40-6)13-9-22/h8-15,24,32H,16-21H2,1-7H3. The molecule has 1 amide bonds. The molecule has 0 bridgehead atoms. The highest BCUT2D eigenvalue weighted by Crippen LogP contribution is 2.36. The summed E-state index contributed by atoms with van der Waals surface area (Å²) in [7, 11) is 1.81. The molecule has 0 spiro atoms. The number of nitrogens with one attached hydrogen (secondary N) is 1. The molecule has 0 radical (unpaired) electrons. The number of nitrogens with zero attached hydrogens (tertiary/aromatic N) is 2. The molecule has 0 saturated heterocycles. The number of esters is 1. The average molecular weight is 618 g/mol. The number of likely N-dealkylation sites (N-methyl/N-ethyl adjacent to an activating group) is 1. The van der Waals surface area contributed by atoms with Gasteiger partial charge in [0.1, 0.15) is 11.4 Å². The minimum atomic E-state index is -3.97. The lowest BCUT2D eigenvalue weighted by atomic mass is 9.73. The van der Waals surface area contributed by atoms with Crippen molar-refractivity contribution in [2.45, 2.75) is 68.9 Å². The number of methoxy groups -OCH3 is 2. The molecule has 236 valence electrons. The lowest BCUT2D eigenvalue weighted by Crippen LogP contribution is -2.57. The predicted molar refractivity (Wildman–Crippen MR) is 162 cm³/mol. The van der Waals surface area contributed by atoms with Gasteiger partial charge in [0.25, 0.3) is 10.0 Å². The van der Waals surface area contributed by atoms with E-state index in [0.29, 0.717) is 25.7 Å². The van der Waals surface area contributed by atoms with Gasteiger partial charge in [0.05, 0.1) is 32.1 Å². The van der Waals surface area contributed by atoms with Gasteiger partial charge in [-0.15, -0.1) is 4.41 Å². The number of sulfonamides is 1. The Bertz CT molecular complexity index is 1380. The van der Waals surface area contributed by atoms with E-state index in [9.17, 15) is 22.8 Å². The number of Topliss-reactive ketones (excluding diaryl/α,β-unsaturated/α-hetero) is 1. The highest BCUT2D eigenvalue weighted by Gasteiger charge is 2.42. The van der Waals surface area contributed by atoms with Crippen LogP contribution in [0.25, 0.3) is 11.1 Å². The van der Waals surface area contributed by atoms with Crippen LogP contribution in [-0.4, -0.2) is 81.6 Å². The van der Waals surface area contributed by atoms with Crippen molar-refractivity contribution >= 4 is 27.9 Å². The molecule has 2 aromatic carbocycles.